The van der Waals surface area contributed by atoms with Gasteiger partial charge in [0.25, 0.3) is 5.69 Å². The van der Waals surface area contributed by atoms with Gasteiger partial charge in [0.15, 0.2) is 0 Å². The molecule has 0 radical (unpaired) electrons. The summed E-state index contributed by atoms with van der Waals surface area (Å²) in [4.78, 5) is 21.4. The molecule has 5 nitrogen and oxygen atoms in total. The van der Waals surface area contributed by atoms with Crippen molar-refractivity contribution in [1.82, 2.24) is 0 Å². The zero-order valence-corrected chi connectivity index (χ0v) is 9.89. The van der Waals surface area contributed by atoms with E-state index in [2.05, 4.69) is 4.74 Å². The number of carbonyl (C=O) groups is 1. The van der Waals surface area contributed by atoms with Crippen LogP contribution < -0.4 is 0 Å². The second kappa shape index (κ2) is 5.25. The molecule has 0 N–H and O–H groups in total. The SMILES string of the molecule is COC(=O)C=Cc1c(C)cc(C)cc1[N+](=O)[O-]. The monoisotopic (exact) mass is 235 g/mol. The minimum atomic E-state index is -0.542. The van der Waals surface area contributed by atoms with E-state index in [1.54, 1.807) is 13.8 Å². The van der Waals surface area contributed by atoms with Crippen LogP contribution in [0.15, 0.2) is 18.2 Å². The van der Waals surface area contributed by atoms with Crippen LogP contribution >= 0.6 is 0 Å². The molecule has 0 aliphatic heterocycles. The van der Waals surface area contributed by atoms with E-state index in [9.17, 15) is 14.9 Å². The average molecular weight is 235 g/mol. The highest BCUT2D eigenvalue weighted by atomic mass is 16.6. The van der Waals surface area contributed by atoms with E-state index in [1.807, 2.05) is 6.07 Å². The highest BCUT2D eigenvalue weighted by molar-refractivity contribution is 5.88. The Kier molecular flexibility index (Phi) is 3.98. The van der Waals surface area contributed by atoms with Crippen molar-refractivity contribution in [2.45, 2.75) is 13.8 Å². The van der Waals surface area contributed by atoms with Gasteiger partial charge in [-0.3, -0.25) is 10.1 Å². The summed E-state index contributed by atoms with van der Waals surface area (Å²) < 4.78 is 4.44. The number of nitrogens with zero attached hydrogens (tertiary/aromatic N) is 1. The predicted molar refractivity (Wildman–Crippen MR) is 63.6 cm³/mol. The maximum absolute atomic E-state index is 11.0. The first-order valence-corrected chi connectivity index (χ1v) is 4.97. The molecule has 0 aromatic heterocycles. The Hall–Kier alpha value is -2.17. The summed E-state index contributed by atoms with van der Waals surface area (Å²) >= 11 is 0. The maximum Gasteiger partial charge on any atom is 0.330 e. The van der Waals surface area contributed by atoms with Gasteiger partial charge < -0.3 is 4.74 Å². The molecule has 0 atom stereocenters. The molecule has 0 saturated heterocycles. The smallest absolute Gasteiger partial charge is 0.330 e. The number of nitro benzene ring substituents is 1. The Morgan fingerprint density at radius 1 is 1.41 bits per heavy atom. The highest BCUT2D eigenvalue weighted by Gasteiger charge is 2.14. The Morgan fingerprint density at radius 3 is 2.59 bits per heavy atom. The fraction of sp³-hybridized carbons (Fsp3) is 0.250. The Bertz CT molecular complexity index is 492. The third kappa shape index (κ3) is 3.14. The van der Waals surface area contributed by atoms with Gasteiger partial charge in [0.2, 0.25) is 0 Å². The molecule has 0 aliphatic rings. The predicted octanol–water partition coefficient (Wildman–Crippen LogP) is 2.40. The largest absolute Gasteiger partial charge is 0.466 e. The van der Waals surface area contributed by atoms with Gasteiger partial charge in [-0.15, -0.1) is 0 Å². The maximum atomic E-state index is 11.0. The fourth-order valence-electron chi connectivity index (χ4n) is 1.54. The third-order valence-corrected chi connectivity index (χ3v) is 2.29. The van der Waals surface area contributed by atoms with Crippen molar-refractivity contribution in [3.05, 3.63) is 45.0 Å². The van der Waals surface area contributed by atoms with Gasteiger partial charge in [0.05, 0.1) is 17.6 Å². The zero-order chi connectivity index (χ0) is 13.0. The number of nitro groups is 1. The quantitative estimate of drug-likeness (QED) is 0.349. The fourth-order valence-corrected chi connectivity index (χ4v) is 1.54. The van der Waals surface area contributed by atoms with Crippen LogP contribution in [0.4, 0.5) is 5.69 Å². The van der Waals surface area contributed by atoms with Gasteiger partial charge in [-0.2, -0.15) is 0 Å². The molecule has 1 aromatic rings. The van der Waals surface area contributed by atoms with Gasteiger partial charge in [-0.25, -0.2) is 4.79 Å². The van der Waals surface area contributed by atoms with Gasteiger partial charge >= 0.3 is 5.97 Å². The molecule has 0 saturated carbocycles. The van der Waals surface area contributed by atoms with Crippen molar-refractivity contribution < 1.29 is 14.5 Å². The van der Waals surface area contributed by atoms with E-state index < -0.39 is 10.9 Å². The lowest BCUT2D eigenvalue weighted by Crippen LogP contribution is -1.97. The number of aryl methyl sites for hydroxylation is 2. The second-order valence-corrected chi connectivity index (χ2v) is 3.63. The molecule has 0 unspecified atom stereocenters. The zero-order valence-electron chi connectivity index (χ0n) is 9.89. The van der Waals surface area contributed by atoms with Crippen molar-refractivity contribution in [3.63, 3.8) is 0 Å². The molecule has 17 heavy (non-hydrogen) atoms. The standard InChI is InChI=1S/C12H13NO4/c1-8-6-9(2)10(4-5-12(14)17-3)11(7-8)13(15)16/h4-7H,1-3H3. The average Bonchev–Trinajstić information content (AvgIpc) is 2.26. The molecular weight excluding hydrogens is 222 g/mol. The second-order valence-electron chi connectivity index (χ2n) is 3.63. The summed E-state index contributed by atoms with van der Waals surface area (Å²) in [6.07, 6.45) is 2.57. The van der Waals surface area contributed by atoms with E-state index in [0.29, 0.717) is 5.56 Å². The minimum absolute atomic E-state index is 0.0114. The minimum Gasteiger partial charge on any atom is -0.466 e. The number of carbonyl (C=O) groups excluding carboxylic acids is 1. The van der Waals surface area contributed by atoms with E-state index >= 15 is 0 Å². The van der Waals surface area contributed by atoms with E-state index in [4.69, 9.17) is 0 Å². The molecule has 0 amide bonds. The van der Waals surface area contributed by atoms with Crippen molar-refractivity contribution in [3.8, 4) is 0 Å². The number of hydrogen-bond acceptors (Lipinski definition) is 4. The van der Waals surface area contributed by atoms with Gasteiger partial charge in [0.1, 0.15) is 0 Å². The molecule has 1 rings (SSSR count). The summed E-state index contributed by atoms with van der Waals surface area (Å²) in [6.45, 7) is 3.55. The van der Waals surface area contributed by atoms with Crippen molar-refractivity contribution in [1.29, 1.82) is 0 Å². The summed E-state index contributed by atoms with van der Waals surface area (Å²) in [5.74, 6) is -0.542. The van der Waals surface area contributed by atoms with Crippen LogP contribution in [0.3, 0.4) is 0 Å². The van der Waals surface area contributed by atoms with E-state index in [0.717, 1.165) is 11.1 Å². The van der Waals surface area contributed by atoms with Crippen LogP contribution in [-0.2, 0) is 9.53 Å². The van der Waals surface area contributed by atoms with Gasteiger partial charge in [-0.1, -0.05) is 6.07 Å². The van der Waals surface area contributed by atoms with Gasteiger partial charge in [0, 0.05) is 12.1 Å². The summed E-state index contributed by atoms with van der Waals surface area (Å²) in [5.41, 5.74) is 1.97. The van der Waals surface area contributed by atoms with Crippen LogP contribution in [-0.4, -0.2) is 18.0 Å². The Labute approximate surface area is 98.9 Å². The topological polar surface area (TPSA) is 69.4 Å². The molecule has 0 heterocycles. The summed E-state index contributed by atoms with van der Waals surface area (Å²) in [5, 5.41) is 10.9. The molecule has 5 heteroatoms. The van der Waals surface area contributed by atoms with Crippen molar-refractivity contribution in [2.24, 2.45) is 0 Å². The van der Waals surface area contributed by atoms with Crippen LogP contribution in [0.2, 0.25) is 0 Å². The number of methoxy groups -OCH3 is 1. The molecule has 0 spiro atoms. The highest BCUT2D eigenvalue weighted by Crippen LogP contribution is 2.25. The van der Waals surface area contributed by atoms with Crippen LogP contribution in [0.25, 0.3) is 6.08 Å². The number of rotatable bonds is 3. The molecule has 1 aromatic carbocycles. The molecule has 90 valence electrons. The number of benzene rings is 1. The first-order valence-electron chi connectivity index (χ1n) is 4.97. The van der Waals surface area contributed by atoms with Crippen LogP contribution in [0.1, 0.15) is 16.7 Å². The van der Waals surface area contributed by atoms with E-state index in [-0.39, 0.29) is 5.69 Å². The first kappa shape index (κ1) is 12.9. The van der Waals surface area contributed by atoms with Gasteiger partial charge in [-0.05, 0) is 31.1 Å². The Morgan fingerprint density at radius 2 is 2.06 bits per heavy atom. The molecule has 0 bridgehead atoms. The molecule has 0 fully saturated rings. The summed E-state index contributed by atoms with van der Waals surface area (Å²) in [6, 6.07) is 3.30. The molecular formula is C12H13NO4. The van der Waals surface area contributed by atoms with Crippen LogP contribution in [0, 0.1) is 24.0 Å². The van der Waals surface area contributed by atoms with E-state index in [1.165, 1.54) is 25.3 Å². The summed E-state index contributed by atoms with van der Waals surface area (Å²) in [7, 11) is 1.25. The lowest BCUT2D eigenvalue weighted by atomic mass is 10.0. The lowest BCUT2D eigenvalue weighted by molar-refractivity contribution is -0.385. The molecule has 0 aliphatic carbocycles. The van der Waals surface area contributed by atoms with Crippen molar-refractivity contribution in [2.75, 3.05) is 7.11 Å². The number of esters is 1. The van der Waals surface area contributed by atoms with Crippen molar-refractivity contribution >= 4 is 17.7 Å². The number of ether oxygens (including phenoxy) is 1. The Balaban J connectivity index is 3.26. The normalized spacial score (nSPS) is 10.5. The third-order valence-electron chi connectivity index (χ3n) is 2.29. The first-order chi connectivity index (χ1) is 7.95. The number of hydrogen-bond donors (Lipinski definition) is 0. The lowest BCUT2D eigenvalue weighted by Gasteiger charge is -2.03. The van der Waals surface area contributed by atoms with Crippen LogP contribution in [0.5, 0.6) is 0 Å².